The molecule has 1 aliphatic rings. The molecule has 1 aromatic rings. The van der Waals surface area contributed by atoms with Crippen LogP contribution in [-0.2, 0) is 0 Å². The number of piperidine rings is 1. The number of nitrogens with one attached hydrogen (secondary N) is 1. The minimum atomic E-state index is 1.02. The van der Waals surface area contributed by atoms with Crippen LogP contribution in [0.15, 0.2) is 23.8 Å². The van der Waals surface area contributed by atoms with Crippen LogP contribution in [0, 0.1) is 6.92 Å². The van der Waals surface area contributed by atoms with Gasteiger partial charge in [0.2, 0.25) is 0 Å². The molecule has 0 saturated carbocycles. The summed E-state index contributed by atoms with van der Waals surface area (Å²) in [6, 6.07) is 6.15. The largest absolute Gasteiger partial charge is 0.313 e. The van der Waals surface area contributed by atoms with Crippen LogP contribution in [0.25, 0.3) is 6.08 Å². The van der Waals surface area contributed by atoms with Crippen molar-refractivity contribution in [2.24, 2.45) is 0 Å². The minimum absolute atomic E-state index is 1.02. The van der Waals surface area contributed by atoms with Crippen LogP contribution in [-0.4, -0.2) is 18.1 Å². The summed E-state index contributed by atoms with van der Waals surface area (Å²) >= 11 is 0. The molecule has 0 bridgehead atoms. The lowest BCUT2D eigenvalue weighted by atomic mass is 10.1. The zero-order valence-electron chi connectivity index (χ0n) is 8.59. The van der Waals surface area contributed by atoms with Crippen molar-refractivity contribution in [3.8, 4) is 0 Å². The quantitative estimate of drug-likeness (QED) is 0.730. The van der Waals surface area contributed by atoms with Crippen LogP contribution in [0.3, 0.4) is 0 Å². The van der Waals surface area contributed by atoms with Crippen molar-refractivity contribution < 1.29 is 0 Å². The monoisotopic (exact) mass is 188 g/mol. The fourth-order valence-electron chi connectivity index (χ4n) is 1.75. The van der Waals surface area contributed by atoms with Gasteiger partial charge in [-0.3, -0.25) is 4.98 Å². The van der Waals surface area contributed by atoms with E-state index in [1.165, 1.54) is 18.4 Å². The van der Waals surface area contributed by atoms with E-state index < -0.39 is 0 Å². The highest BCUT2D eigenvalue weighted by Gasteiger charge is 2.04. The average molecular weight is 188 g/mol. The number of hydrogen-bond acceptors (Lipinski definition) is 2. The van der Waals surface area contributed by atoms with Gasteiger partial charge >= 0.3 is 0 Å². The first-order valence-electron chi connectivity index (χ1n) is 5.18. The molecule has 0 unspecified atom stereocenters. The standard InChI is InChI=1S/C12H16N2/c1-10-4-2-6-12(14-10)8-11-5-3-7-13-9-11/h2,4,6,8,13H,3,5,7,9H2,1H3. The van der Waals surface area contributed by atoms with Gasteiger partial charge in [-0.05, 0) is 44.5 Å². The van der Waals surface area contributed by atoms with Crippen molar-refractivity contribution in [1.29, 1.82) is 0 Å². The maximum Gasteiger partial charge on any atom is 0.0632 e. The van der Waals surface area contributed by atoms with E-state index in [2.05, 4.69) is 28.5 Å². The first-order valence-corrected chi connectivity index (χ1v) is 5.18. The van der Waals surface area contributed by atoms with E-state index in [9.17, 15) is 0 Å². The van der Waals surface area contributed by atoms with Crippen LogP contribution in [0.1, 0.15) is 24.2 Å². The average Bonchev–Trinajstić information content (AvgIpc) is 2.19. The lowest BCUT2D eigenvalue weighted by Crippen LogP contribution is -2.23. The summed E-state index contributed by atoms with van der Waals surface area (Å²) in [6.07, 6.45) is 4.67. The topological polar surface area (TPSA) is 24.9 Å². The number of rotatable bonds is 1. The fraction of sp³-hybridized carbons (Fsp3) is 0.417. The molecule has 1 N–H and O–H groups in total. The van der Waals surface area contributed by atoms with Gasteiger partial charge in [-0.15, -0.1) is 0 Å². The van der Waals surface area contributed by atoms with Gasteiger partial charge in [0.1, 0.15) is 0 Å². The van der Waals surface area contributed by atoms with E-state index in [0.717, 1.165) is 24.5 Å². The van der Waals surface area contributed by atoms with Gasteiger partial charge in [0.25, 0.3) is 0 Å². The zero-order valence-corrected chi connectivity index (χ0v) is 8.59. The van der Waals surface area contributed by atoms with Crippen molar-refractivity contribution >= 4 is 6.08 Å². The van der Waals surface area contributed by atoms with Crippen LogP contribution < -0.4 is 5.32 Å². The Morgan fingerprint density at radius 2 is 2.36 bits per heavy atom. The molecule has 2 nitrogen and oxygen atoms in total. The first-order chi connectivity index (χ1) is 6.84. The summed E-state index contributed by atoms with van der Waals surface area (Å²) in [5, 5.41) is 3.37. The van der Waals surface area contributed by atoms with Crippen molar-refractivity contribution in [2.45, 2.75) is 19.8 Å². The number of aryl methyl sites for hydroxylation is 1. The predicted molar refractivity (Wildman–Crippen MR) is 59.1 cm³/mol. The Morgan fingerprint density at radius 3 is 3.07 bits per heavy atom. The van der Waals surface area contributed by atoms with Crippen molar-refractivity contribution in [3.05, 3.63) is 35.2 Å². The lowest BCUT2D eigenvalue weighted by Gasteiger charge is -2.14. The van der Waals surface area contributed by atoms with E-state index in [0.29, 0.717) is 0 Å². The fourth-order valence-corrected chi connectivity index (χ4v) is 1.75. The van der Waals surface area contributed by atoms with Gasteiger partial charge in [0, 0.05) is 12.2 Å². The summed E-state index contributed by atoms with van der Waals surface area (Å²) < 4.78 is 0. The number of aromatic nitrogens is 1. The molecule has 0 amide bonds. The third kappa shape index (κ3) is 2.42. The second-order valence-electron chi connectivity index (χ2n) is 3.79. The lowest BCUT2D eigenvalue weighted by molar-refractivity contribution is 0.613. The molecule has 1 saturated heterocycles. The second kappa shape index (κ2) is 4.38. The molecule has 1 aromatic heterocycles. The predicted octanol–water partition coefficient (Wildman–Crippen LogP) is 2.16. The Hall–Kier alpha value is -1.15. The molecule has 74 valence electrons. The van der Waals surface area contributed by atoms with E-state index in [-0.39, 0.29) is 0 Å². The van der Waals surface area contributed by atoms with Gasteiger partial charge in [-0.25, -0.2) is 0 Å². The van der Waals surface area contributed by atoms with Gasteiger partial charge in [0.15, 0.2) is 0 Å². The molecule has 2 rings (SSSR count). The summed E-state index contributed by atoms with van der Waals surface area (Å²) in [5.74, 6) is 0. The molecule has 1 aliphatic heterocycles. The van der Waals surface area contributed by atoms with Crippen LogP contribution in [0.4, 0.5) is 0 Å². The number of nitrogens with zero attached hydrogens (tertiary/aromatic N) is 1. The minimum Gasteiger partial charge on any atom is -0.313 e. The highest BCUT2D eigenvalue weighted by Crippen LogP contribution is 2.12. The first kappa shape index (κ1) is 9.41. The van der Waals surface area contributed by atoms with Gasteiger partial charge in [-0.1, -0.05) is 11.6 Å². The zero-order chi connectivity index (χ0) is 9.80. The van der Waals surface area contributed by atoms with Crippen molar-refractivity contribution in [3.63, 3.8) is 0 Å². The Labute approximate surface area is 85.1 Å². The third-order valence-electron chi connectivity index (χ3n) is 2.47. The highest BCUT2D eigenvalue weighted by molar-refractivity contribution is 5.49. The maximum atomic E-state index is 4.46. The maximum absolute atomic E-state index is 4.46. The van der Waals surface area contributed by atoms with Crippen LogP contribution in [0.2, 0.25) is 0 Å². The van der Waals surface area contributed by atoms with E-state index in [1.807, 2.05) is 13.0 Å². The molecular weight excluding hydrogens is 172 g/mol. The molecule has 0 radical (unpaired) electrons. The summed E-state index contributed by atoms with van der Waals surface area (Å²) in [4.78, 5) is 4.46. The molecule has 0 spiro atoms. The Morgan fingerprint density at radius 1 is 1.43 bits per heavy atom. The Bertz CT molecular complexity index is 334. The van der Waals surface area contributed by atoms with Crippen LogP contribution in [0.5, 0.6) is 0 Å². The molecule has 0 aliphatic carbocycles. The van der Waals surface area contributed by atoms with E-state index in [1.54, 1.807) is 0 Å². The highest BCUT2D eigenvalue weighted by atomic mass is 14.9. The smallest absolute Gasteiger partial charge is 0.0632 e. The molecular formula is C12H16N2. The van der Waals surface area contributed by atoms with Gasteiger partial charge < -0.3 is 5.32 Å². The normalized spacial score (nSPS) is 19.9. The summed E-state index contributed by atoms with van der Waals surface area (Å²) in [6.45, 7) is 4.20. The molecule has 1 fully saturated rings. The third-order valence-corrected chi connectivity index (χ3v) is 2.47. The molecule has 0 atom stereocenters. The SMILES string of the molecule is Cc1cccc(C=C2CCCNC2)n1. The van der Waals surface area contributed by atoms with E-state index in [4.69, 9.17) is 0 Å². The summed E-state index contributed by atoms with van der Waals surface area (Å²) in [7, 11) is 0. The van der Waals surface area contributed by atoms with Crippen LogP contribution >= 0.6 is 0 Å². The number of pyridine rings is 1. The van der Waals surface area contributed by atoms with Crippen molar-refractivity contribution in [2.75, 3.05) is 13.1 Å². The van der Waals surface area contributed by atoms with Crippen molar-refractivity contribution in [1.82, 2.24) is 10.3 Å². The summed E-state index contributed by atoms with van der Waals surface area (Å²) in [5.41, 5.74) is 3.64. The molecule has 0 aromatic carbocycles. The Balaban J connectivity index is 2.15. The molecule has 2 heterocycles. The Kier molecular flexibility index (Phi) is 2.94. The molecule has 14 heavy (non-hydrogen) atoms. The van der Waals surface area contributed by atoms with E-state index >= 15 is 0 Å². The second-order valence-corrected chi connectivity index (χ2v) is 3.79. The molecule has 2 heteroatoms. The van der Waals surface area contributed by atoms with Gasteiger partial charge in [-0.2, -0.15) is 0 Å². The van der Waals surface area contributed by atoms with Gasteiger partial charge in [0.05, 0.1) is 5.69 Å². The number of hydrogen-bond donors (Lipinski definition) is 1.